The number of hydrogen-bond acceptors (Lipinski definition) is 5. The molecule has 1 aliphatic carbocycles. The lowest BCUT2D eigenvalue weighted by molar-refractivity contribution is 0.0520. The molecule has 7 heteroatoms. The van der Waals surface area contributed by atoms with E-state index in [-0.39, 0.29) is 17.8 Å². The molecular formula is C14H28N2O4S. The van der Waals surface area contributed by atoms with E-state index in [0.717, 1.165) is 12.8 Å². The van der Waals surface area contributed by atoms with Crippen molar-refractivity contribution in [1.29, 1.82) is 0 Å². The molecule has 124 valence electrons. The van der Waals surface area contributed by atoms with Gasteiger partial charge >= 0.3 is 6.09 Å². The van der Waals surface area contributed by atoms with Gasteiger partial charge in [-0.3, -0.25) is 0 Å². The van der Waals surface area contributed by atoms with Gasteiger partial charge in [-0.25, -0.2) is 13.2 Å². The van der Waals surface area contributed by atoms with E-state index in [9.17, 15) is 13.2 Å². The third kappa shape index (κ3) is 8.93. The molecule has 0 aliphatic heterocycles. The van der Waals surface area contributed by atoms with Crippen LogP contribution in [0, 0.1) is 5.92 Å². The number of sulfone groups is 1. The van der Waals surface area contributed by atoms with Gasteiger partial charge in [-0.05, 0) is 46.5 Å². The van der Waals surface area contributed by atoms with E-state index in [4.69, 9.17) is 4.74 Å². The predicted molar refractivity (Wildman–Crippen MR) is 83.1 cm³/mol. The lowest BCUT2D eigenvalue weighted by atomic mass is 10.1. The molecule has 2 atom stereocenters. The first-order valence-electron chi connectivity index (χ1n) is 7.37. The smallest absolute Gasteiger partial charge is 0.407 e. The fourth-order valence-electron chi connectivity index (χ4n) is 2.24. The van der Waals surface area contributed by atoms with Crippen LogP contribution in [-0.4, -0.2) is 50.7 Å². The quantitative estimate of drug-likeness (QED) is 0.739. The standard InChI is InChI=1S/C14H28N2O4S/c1-10(9-21(5,18)19)16-12(11-6-7-11)8-15-13(17)20-14(2,3)4/h10-12,16H,6-9H2,1-5H3,(H,15,17). The molecule has 0 heterocycles. The fraction of sp³-hybridized carbons (Fsp3) is 0.929. The number of ether oxygens (including phenoxy) is 1. The number of hydrogen-bond donors (Lipinski definition) is 2. The molecule has 21 heavy (non-hydrogen) atoms. The molecule has 0 aromatic heterocycles. The van der Waals surface area contributed by atoms with Crippen molar-refractivity contribution in [2.45, 2.75) is 58.2 Å². The lowest BCUT2D eigenvalue weighted by Crippen LogP contribution is -2.48. The van der Waals surface area contributed by atoms with Crippen LogP contribution in [0.4, 0.5) is 4.79 Å². The van der Waals surface area contributed by atoms with Gasteiger partial charge in [0.05, 0.1) is 5.75 Å². The second-order valence-corrected chi connectivity index (χ2v) is 9.17. The molecule has 1 saturated carbocycles. The molecule has 1 rings (SSSR count). The van der Waals surface area contributed by atoms with Crippen LogP contribution in [0.25, 0.3) is 0 Å². The third-order valence-electron chi connectivity index (χ3n) is 3.11. The number of alkyl carbamates (subject to hydrolysis) is 1. The summed E-state index contributed by atoms with van der Waals surface area (Å²) in [5, 5.41) is 6.06. The summed E-state index contributed by atoms with van der Waals surface area (Å²) in [6, 6.07) is -0.0414. The maximum Gasteiger partial charge on any atom is 0.407 e. The van der Waals surface area contributed by atoms with Gasteiger partial charge in [0.15, 0.2) is 0 Å². The highest BCUT2D eigenvalue weighted by Gasteiger charge is 2.32. The van der Waals surface area contributed by atoms with E-state index in [0.29, 0.717) is 12.5 Å². The van der Waals surface area contributed by atoms with Gasteiger partial charge in [0, 0.05) is 24.9 Å². The van der Waals surface area contributed by atoms with Crippen LogP contribution in [0.3, 0.4) is 0 Å². The van der Waals surface area contributed by atoms with Crippen molar-refractivity contribution in [2.75, 3.05) is 18.6 Å². The first-order valence-corrected chi connectivity index (χ1v) is 9.43. The van der Waals surface area contributed by atoms with Crippen LogP contribution < -0.4 is 10.6 Å². The van der Waals surface area contributed by atoms with Gasteiger partial charge in [-0.1, -0.05) is 0 Å². The van der Waals surface area contributed by atoms with Crippen molar-refractivity contribution < 1.29 is 17.9 Å². The summed E-state index contributed by atoms with van der Waals surface area (Å²) >= 11 is 0. The molecule has 0 aromatic carbocycles. The largest absolute Gasteiger partial charge is 0.444 e. The van der Waals surface area contributed by atoms with Crippen molar-refractivity contribution in [3.8, 4) is 0 Å². The Labute approximate surface area is 127 Å². The summed E-state index contributed by atoms with van der Waals surface area (Å²) in [7, 11) is -3.00. The van der Waals surface area contributed by atoms with E-state index in [1.807, 2.05) is 27.7 Å². The monoisotopic (exact) mass is 320 g/mol. The minimum atomic E-state index is -3.00. The van der Waals surface area contributed by atoms with E-state index in [1.165, 1.54) is 6.26 Å². The summed E-state index contributed by atoms with van der Waals surface area (Å²) in [5.74, 6) is 0.602. The van der Waals surface area contributed by atoms with E-state index in [1.54, 1.807) is 0 Å². The SMILES string of the molecule is CC(CS(C)(=O)=O)NC(CNC(=O)OC(C)(C)C)C1CC1. The fourth-order valence-corrected chi connectivity index (χ4v) is 3.24. The molecule has 0 aromatic rings. The first-order chi connectivity index (χ1) is 9.46. The van der Waals surface area contributed by atoms with Gasteiger partial charge < -0.3 is 15.4 Å². The van der Waals surface area contributed by atoms with Crippen LogP contribution in [0.5, 0.6) is 0 Å². The Hall–Kier alpha value is -0.820. The van der Waals surface area contributed by atoms with Crippen LogP contribution in [0.1, 0.15) is 40.5 Å². The zero-order valence-electron chi connectivity index (χ0n) is 13.6. The number of amides is 1. The van der Waals surface area contributed by atoms with Gasteiger partial charge in [0.25, 0.3) is 0 Å². The topological polar surface area (TPSA) is 84.5 Å². The first kappa shape index (κ1) is 18.2. The zero-order valence-corrected chi connectivity index (χ0v) is 14.4. The van der Waals surface area contributed by atoms with Crippen molar-refractivity contribution in [1.82, 2.24) is 10.6 Å². The van der Waals surface area contributed by atoms with Crippen molar-refractivity contribution in [3.63, 3.8) is 0 Å². The number of nitrogens with one attached hydrogen (secondary N) is 2. The average Bonchev–Trinajstić information content (AvgIpc) is 3.02. The highest BCUT2D eigenvalue weighted by Crippen LogP contribution is 2.32. The van der Waals surface area contributed by atoms with E-state index < -0.39 is 21.5 Å². The summed E-state index contributed by atoms with van der Waals surface area (Å²) in [6.07, 6.45) is 3.01. The molecule has 0 radical (unpaired) electrons. The lowest BCUT2D eigenvalue weighted by Gasteiger charge is -2.25. The highest BCUT2D eigenvalue weighted by atomic mass is 32.2. The molecule has 1 amide bonds. The second-order valence-electron chi connectivity index (χ2n) is 6.99. The third-order valence-corrected chi connectivity index (χ3v) is 4.21. The molecule has 2 unspecified atom stereocenters. The van der Waals surface area contributed by atoms with Crippen molar-refractivity contribution in [2.24, 2.45) is 5.92 Å². The molecule has 0 saturated heterocycles. The minimum absolute atomic E-state index is 0.0919. The van der Waals surface area contributed by atoms with Crippen LogP contribution >= 0.6 is 0 Å². The Morgan fingerprint density at radius 2 is 1.90 bits per heavy atom. The number of carbonyl (C=O) groups is 1. The molecule has 0 bridgehead atoms. The van der Waals surface area contributed by atoms with Gasteiger partial charge in [-0.15, -0.1) is 0 Å². The van der Waals surface area contributed by atoms with Crippen LogP contribution in [-0.2, 0) is 14.6 Å². The Bertz CT molecular complexity index is 452. The van der Waals surface area contributed by atoms with E-state index in [2.05, 4.69) is 10.6 Å². The molecule has 1 aliphatic rings. The predicted octanol–water partition coefficient (Wildman–Crippen LogP) is 1.31. The Morgan fingerprint density at radius 3 is 2.33 bits per heavy atom. The van der Waals surface area contributed by atoms with Gasteiger partial charge in [0.1, 0.15) is 15.4 Å². The number of rotatable bonds is 7. The zero-order chi connectivity index (χ0) is 16.3. The summed E-state index contributed by atoms with van der Waals surface area (Å²) in [5.41, 5.74) is -0.518. The van der Waals surface area contributed by atoms with Crippen molar-refractivity contribution >= 4 is 15.9 Å². The van der Waals surface area contributed by atoms with E-state index >= 15 is 0 Å². The summed E-state index contributed by atoms with van der Waals surface area (Å²) in [4.78, 5) is 11.7. The Kier molecular flexibility index (Phi) is 6.04. The van der Waals surface area contributed by atoms with Gasteiger partial charge in [0.2, 0.25) is 0 Å². The summed E-state index contributed by atoms with van der Waals surface area (Å²) < 4.78 is 27.8. The number of carbonyl (C=O) groups excluding carboxylic acids is 1. The van der Waals surface area contributed by atoms with Crippen molar-refractivity contribution in [3.05, 3.63) is 0 Å². The molecular weight excluding hydrogens is 292 g/mol. The van der Waals surface area contributed by atoms with Gasteiger partial charge in [-0.2, -0.15) is 0 Å². The van der Waals surface area contributed by atoms with Crippen LogP contribution in [0.15, 0.2) is 0 Å². The maximum absolute atomic E-state index is 11.7. The molecule has 0 spiro atoms. The maximum atomic E-state index is 11.7. The Balaban J connectivity index is 2.42. The minimum Gasteiger partial charge on any atom is -0.444 e. The second kappa shape index (κ2) is 6.96. The highest BCUT2D eigenvalue weighted by molar-refractivity contribution is 7.90. The summed E-state index contributed by atoms with van der Waals surface area (Å²) in [6.45, 7) is 7.75. The average molecular weight is 320 g/mol. The van der Waals surface area contributed by atoms with Crippen LogP contribution in [0.2, 0.25) is 0 Å². The molecule has 1 fully saturated rings. The normalized spacial score (nSPS) is 18.9. The molecule has 6 nitrogen and oxygen atoms in total. The molecule has 2 N–H and O–H groups in total. The Morgan fingerprint density at radius 1 is 1.33 bits per heavy atom.